The maximum atomic E-state index is 11.9. The van der Waals surface area contributed by atoms with E-state index in [1.807, 2.05) is 39.8 Å². The third-order valence-electron chi connectivity index (χ3n) is 2.48. The number of allylic oxidation sites excluding steroid dienone is 2. The zero-order valence-electron chi connectivity index (χ0n) is 18.1. The lowest BCUT2D eigenvalue weighted by molar-refractivity contribution is -0.274. The number of nitrogens with one attached hydrogen (secondary N) is 2. The molecule has 0 bridgehead atoms. The van der Waals surface area contributed by atoms with Gasteiger partial charge in [0.1, 0.15) is 5.75 Å². The molecular weight excluding hydrogens is 389 g/mol. The first kappa shape index (κ1) is 31.2. The van der Waals surface area contributed by atoms with Gasteiger partial charge in [-0.05, 0) is 31.5 Å². The summed E-state index contributed by atoms with van der Waals surface area (Å²) in [5, 5.41) is 4.83. The van der Waals surface area contributed by atoms with Crippen molar-refractivity contribution in [1.82, 2.24) is 10.6 Å². The monoisotopic (exact) mass is 422 g/mol. The van der Waals surface area contributed by atoms with E-state index in [4.69, 9.17) is 0 Å². The molecule has 0 heterocycles. The van der Waals surface area contributed by atoms with E-state index in [0.717, 1.165) is 12.1 Å². The number of carbonyl (C=O) groups is 2. The van der Waals surface area contributed by atoms with E-state index < -0.39 is 12.3 Å². The number of ether oxygens (including phenoxy) is 2. The minimum atomic E-state index is -4.73. The lowest BCUT2D eigenvalue weighted by Gasteiger charge is -2.10. The van der Waals surface area contributed by atoms with Crippen LogP contribution in [0.4, 0.5) is 13.2 Å². The fourth-order valence-corrected chi connectivity index (χ4v) is 1.28. The van der Waals surface area contributed by atoms with Gasteiger partial charge < -0.3 is 20.1 Å². The van der Waals surface area contributed by atoms with Crippen molar-refractivity contribution >= 4 is 11.8 Å². The van der Waals surface area contributed by atoms with Gasteiger partial charge in [-0.25, -0.2) is 0 Å². The molecular formula is C20H33F3N2O4. The highest BCUT2D eigenvalue weighted by Gasteiger charge is 2.30. The predicted molar refractivity (Wildman–Crippen MR) is 108 cm³/mol. The van der Waals surface area contributed by atoms with E-state index >= 15 is 0 Å². The highest BCUT2D eigenvalue weighted by atomic mass is 19.4. The smallest absolute Gasteiger partial charge is 0.406 e. The van der Waals surface area contributed by atoms with E-state index in [-0.39, 0.29) is 24.7 Å². The number of benzene rings is 1. The molecule has 0 saturated carbocycles. The van der Waals surface area contributed by atoms with Gasteiger partial charge in [-0.15, -0.1) is 13.2 Å². The first-order chi connectivity index (χ1) is 13.6. The Kier molecular flexibility index (Phi) is 21.7. The van der Waals surface area contributed by atoms with Crippen molar-refractivity contribution in [2.45, 2.75) is 47.5 Å². The minimum absolute atomic E-state index is 0.144. The van der Waals surface area contributed by atoms with Crippen molar-refractivity contribution in [3.8, 4) is 5.75 Å². The molecule has 0 aliphatic rings. The fourth-order valence-electron chi connectivity index (χ4n) is 1.28. The molecule has 1 aromatic carbocycles. The second-order valence-corrected chi connectivity index (χ2v) is 4.95. The maximum Gasteiger partial charge on any atom is 0.573 e. The average molecular weight is 422 g/mol. The lowest BCUT2D eigenvalue weighted by Crippen LogP contribution is -2.35. The Morgan fingerprint density at radius 3 is 1.79 bits per heavy atom. The number of rotatable bonds is 5. The fraction of sp³-hybridized carbons (Fsp3) is 0.500. The predicted octanol–water partition coefficient (Wildman–Crippen LogP) is 4.21. The topological polar surface area (TPSA) is 76.7 Å². The summed E-state index contributed by atoms with van der Waals surface area (Å²) >= 11 is 0. The van der Waals surface area contributed by atoms with Gasteiger partial charge in [-0.1, -0.05) is 38.1 Å². The number of hydrogen-bond donors (Lipinski definition) is 2. The molecule has 1 rings (SSSR count). The van der Waals surface area contributed by atoms with Crippen LogP contribution in [0, 0.1) is 0 Å². The molecule has 0 unspecified atom stereocenters. The van der Waals surface area contributed by atoms with E-state index in [9.17, 15) is 22.8 Å². The van der Waals surface area contributed by atoms with Gasteiger partial charge in [-0.3, -0.25) is 9.59 Å². The second-order valence-electron chi connectivity index (χ2n) is 4.95. The Labute approximate surface area is 171 Å². The van der Waals surface area contributed by atoms with Gasteiger partial charge in [0.05, 0.1) is 6.54 Å². The molecule has 0 radical (unpaired) electrons. The number of hydrogen-bond acceptors (Lipinski definition) is 4. The van der Waals surface area contributed by atoms with Crippen LogP contribution in [-0.4, -0.2) is 38.9 Å². The molecule has 0 atom stereocenters. The lowest BCUT2D eigenvalue weighted by atomic mass is 10.2. The van der Waals surface area contributed by atoms with Crippen molar-refractivity contribution in [1.29, 1.82) is 0 Å². The Morgan fingerprint density at radius 1 is 1.00 bits per heavy atom. The molecule has 0 aliphatic heterocycles. The Bertz CT molecular complexity index is 556. The van der Waals surface area contributed by atoms with Gasteiger partial charge in [0.2, 0.25) is 11.8 Å². The van der Waals surface area contributed by atoms with Crippen LogP contribution in [0.1, 0.15) is 40.2 Å². The van der Waals surface area contributed by atoms with Crippen LogP contribution in [0.2, 0.25) is 0 Å². The number of halogens is 3. The molecule has 0 aromatic heterocycles. The van der Waals surface area contributed by atoms with Gasteiger partial charge in [0.15, 0.2) is 0 Å². The SMILES string of the molecule is C/C=C\C.CC.CC(=O)NCC(=O)NCc1ccc(OC(F)(F)F)cc1.COC. The Morgan fingerprint density at radius 2 is 1.45 bits per heavy atom. The minimum Gasteiger partial charge on any atom is -0.406 e. The summed E-state index contributed by atoms with van der Waals surface area (Å²) in [5.41, 5.74) is 0.607. The first-order valence-corrected chi connectivity index (χ1v) is 8.92. The largest absolute Gasteiger partial charge is 0.573 e. The summed E-state index contributed by atoms with van der Waals surface area (Å²) < 4.78 is 43.8. The molecule has 29 heavy (non-hydrogen) atoms. The van der Waals surface area contributed by atoms with E-state index in [1.165, 1.54) is 19.1 Å². The van der Waals surface area contributed by atoms with Gasteiger partial charge in [0, 0.05) is 27.7 Å². The van der Waals surface area contributed by atoms with Crippen molar-refractivity contribution in [3.63, 3.8) is 0 Å². The third-order valence-corrected chi connectivity index (χ3v) is 2.48. The molecule has 0 saturated heterocycles. The molecule has 0 aliphatic carbocycles. The normalized spacial score (nSPS) is 9.59. The number of carbonyl (C=O) groups excluding carboxylic acids is 2. The number of alkyl halides is 3. The quantitative estimate of drug-likeness (QED) is 0.697. The maximum absolute atomic E-state index is 11.9. The summed E-state index contributed by atoms with van der Waals surface area (Å²) in [4.78, 5) is 21.9. The summed E-state index contributed by atoms with van der Waals surface area (Å²) in [6, 6.07) is 5.12. The van der Waals surface area contributed by atoms with E-state index in [0.29, 0.717) is 5.56 Å². The molecule has 1 aromatic rings. The highest BCUT2D eigenvalue weighted by Crippen LogP contribution is 2.22. The van der Waals surface area contributed by atoms with Gasteiger partial charge in [-0.2, -0.15) is 0 Å². The molecule has 2 N–H and O–H groups in total. The first-order valence-electron chi connectivity index (χ1n) is 8.92. The van der Waals surface area contributed by atoms with Crippen molar-refractivity contribution in [3.05, 3.63) is 42.0 Å². The van der Waals surface area contributed by atoms with E-state index in [1.54, 1.807) is 14.2 Å². The highest BCUT2D eigenvalue weighted by molar-refractivity contribution is 5.83. The molecule has 2 amide bonds. The Hall–Kier alpha value is -2.55. The molecule has 6 nitrogen and oxygen atoms in total. The standard InChI is InChI=1S/C12H13F3N2O3.C4H8.C2H6O.C2H6/c1-8(18)16-7-11(19)17-6-9-2-4-10(5-3-9)20-12(13,14)15;1-3-4-2;1-3-2;1-2/h2-5H,6-7H2,1H3,(H,16,18)(H,17,19);3-4H,1-2H3;1-2H3;1-2H3/b;4-3-;;. The third kappa shape index (κ3) is 25.5. The number of amides is 2. The zero-order chi connectivity index (χ0) is 23.3. The van der Waals surface area contributed by atoms with Crippen LogP contribution in [0.15, 0.2) is 36.4 Å². The summed E-state index contributed by atoms with van der Waals surface area (Å²) in [6.45, 7) is 9.28. The van der Waals surface area contributed by atoms with Crippen molar-refractivity contribution in [2.24, 2.45) is 0 Å². The molecule has 9 heteroatoms. The van der Waals surface area contributed by atoms with E-state index in [2.05, 4.69) is 20.1 Å². The van der Waals surface area contributed by atoms with Gasteiger partial charge >= 0.3 is 6.36 Å². The summed E-state index contributed by atoms with van der Waals surface area (Å²) in [6.07, 6.45) is -0.728. The number of methoxy groups -OCH3 is 1. The Balaban J connectivity index is -0.000000639. The van der Waals surface area contributed by atoms with Crippen molar-refractivity contribution < 1.29 is 32.2 Å². The van der Waals surface area contributed by atoms with Gasteiger partial charge in [0.25, 0.3) is 0 Å². The van der Waals surface area contributed by atoms with Crippen LogP contribution in [0.25, 0.3) is 0 Å². The average Bonchev–Trinajstić information content (AvgIpc) is 2.67. The summed E-state index contributed by atoms with van der Waals surface area (Å²) in [7, 11) is 3.25. The molecule has 168 valence electrons. The zero-order valence-corrected chi connectivity index (χ0v) is 18.1. The van der Waals surface area contributed by atoms with Crippen LogP contribution in [0.5, 0.6) is 5.75 Å². The second kappa shape index (κ2) is 20.2. The van der Waals surface area contributed by atoms with Crippen LogP contribution >= 0.6 is 0 Å². The van der Waals surface area contributed by atoms with Crippen LogP contribution < -0.4 is 15.4 Å². The van der Waals surface area contributed by atoms with Crippen LogP contribution in [0.3, 0.4) is 0 Å². The van der Waals surface area contributed by atoms with Crippen molar-refractivity contribution in [2.75, 3.05) is 20.8 Å². The molecule has 0 spiro atoms. The van der Waals surface area contributed by atoms with Crippen LogP contribution in [-0.2, 0) is 20.9 Å². The molecule has 0 fully saturated rings. The summed E-state index contributed by atoms with van der Waals surface area (Å²) in [5.74, 6) is -1.05.